The molecule has 0 radical (unpaired) electrons. The first kappa shape index (κ1) is 14.3. The number of hydrogen-bond donors (Lipinski definition) is 1. The SMILES string of the molecule is O=C(Cc1cc(Cl)c2c(c1)OCCO2)Nc1nncn1C1CC1. The number of nitrogens with zero attached hydrogens (tertiary/aromatic N) is 3. The Morgan fingerprint density at radius 1 is 1.35 bits per heavy atom. The van der Waals surface area contributed by atoms with Gasteiger partial charge < -0.3 is 9.47 Å². The van der Waals surface area contributed by atoms with Gasteiger partial charge in [-0.25, -0.2) is 0 Å². The number of carbonyl (C=O) groups is 1. The summed E-state index contributed by atoms with van der Waals surface area (Å²) in [5.41, 5.74) is 0.759. The molecule has 0 spiro atoms. The van der Waals surface area contributed by atoms with Crippen LogP contribution in [0.4, 0.5) is 5.95 Å². The van der Waals surface area contributed by atoms with Crippen LogP contribution in [-0.2, 0) is 11.2 Å². The number of hydrogen-bond acceptors (Lipinski definition) is 5. The van der Waals surface area contributed by atoms with Crippen LogP contribution < -0.4 is 14.8 Å². The van der Waals surface area contributed by atoms with Crippen molar-refractivity contribution in [2.45, 2.75) is 25.3 Å². The second kappa shape index (κ2) is 5.73. The number of ether oxygens (including phenoxy) is 2. The molecule has 120 valence electrons. The Balaban J connectivity index is 1.48. The number of nitrogens with one attached hydrogen (secondary N) is 1. The van der Waals surface area contributed by atoms with Gasteiger partial charge in [-0.2, -0.15) is 0 Å². The van der Waals surface area contributed by atoms with Crippen LogP contribution in [0.1, 0.15) is 24.4 Å². The zero-order valence-corrected chi connectivity index (χ0v) is 13.0. The average Bonchev–Trinajstić information content (AvgIpc) is 3.27. The summed E-state index contributed by atoms with van der Waals surface area (Å²) in [6, 6.07) is 3.91. The highest BCUT2D eigenvalue weighted by atomic mass is 35.5. The summed E-state index contributed by atoms with van der Waals surface area (Å²) in [4.78, 5) is 12.2. The predicted octanol–water partition coefficient (Wildman–Crippen LogP) is 2.22. The first-order chi connectivity index (χ1) is 11.2. The molecule has 0 atom stereocenters. The van der Waals surface area contributed by atoms with Crippen LogP contribution in [0.3, 0.4) is 0 Å². The number of fused-ring (bicyclic) bond motifs is 1. The van der Waals surface area contributed by atoms with Crippen LogP contribution in [0, 0.1) is 0 Å². The molecule has 8 heteroatoms. The Morgan fingerprint density at radius 3 is 3.00 bits per heavy atom. The van der Waals surface area contributed by atoms with Gasteiger partial charge in [-0.1, -0.05) is 11.6 Å². The zero-order valence-electron chi connectivity index (χ0n) is 12.3. The average molecular weight is 335 g/mol. The molecule has 1 aromatic heterocycles. The van der Waals surface area contributed by atoms with E-state index in [9.17, 15) is 4.79 Å². The van der Waals surface area contributed by atoms with E-state index in [4.69, 9.17) is 21.1 Å². The molecule has 2 heterocycles. The van der Waals surface area contributed by atoms with Gasteiger partial charge >= 0.3 is 0 Å². The summed E-state index contributed by atoms with van der Waals surface area (Å²) >= 11 is 6.19. The van der Waals surface area contributed by atoms with Crippen molar-refractivity contribution in [3.05, 3.63) is 29.0 Å². The highest BCUT2D eigenvalue weighted by Crippen LogP contribution is 2.38. The maximum absolute atomic E-state index is 12.2. The van der Waals surface area contributed by atoms with Crippen molar-refractivity contribution < 1.29 is 14.3 Å². The summed E-state index contributed by atoms with van der Waals surface area (Å²) in [5, 5.41) is 11.1. The molecule has 1 aliphatic carbocycles. The Kier molecular flexibility index (Phi) is 3.57. The third-order valence-corrected chi connectivity index (χ3v) is 4.07. The molecule has 2 aliphatic rings. The highest BCUT2D eigenvalue weighted by molar-refractivity contribution is 6.32. The minimum Gasteiger partial charge on any atom is -0.486 e. The fourth-order valence-corrected chi connectivity index (χ4v) is 2.86. The van der Waals surface area contributed by atoms with E-state index in [-0.39, 0.29) is 12.3 Å². The third kappa shape index (κ3) is 2.96. The number of carbonyl (C=O) groups excluding carboxylic acids is 1. The van der Waals surface area contributed by atoms with E-state index in [0.29, 0.717) is 41.7 Å². The van der Waals surface area contributed by atoms with E-state index in [1.54, 1.807) is 18.5 Å². The molecule has 1 aliphatic heterocycles. The molecule has 1 aromatic carbocycles. The van der Waals surface area contributed by atoms with Crippen molar-refractivity contribution in [1.82, 2.24) is 14.8 Å². The van der Waals surface area contributed by atoms with Crippen molar-refractivity contribution in [3.63, 3.8) is 0 Å². The van der Waals surface area contributed by atoms with E-state index in [2.05, 4.69) is 15.5 Å². The van der Waals surface area contributed by atoms with E-state index in [1.807, 2.05) is 4.57 Å². The van der Waals surface area contributed by atoms with Crippen molar-refractivity contribution in [2.75, 3.05) is 18.5 Å². The second-order valence-corrected chi connectivity index (χ2v) is 6.03. The lowest BCUT2D eigenvalue weighted by Crippen LogP contribution is -2.19. The molecule has 1 amide bonds. The summed E-state index contributed by atoms with van der Waals surface area (Å²) < 4.78 is 12.9. The van der Waals surface area contributed by atoms with Crippen LogP contribution in [0.5, 0.6) is 11.5 Å². The monoisotopic (exact) mass is 334 g/mol. The van der Waals surface area contributed by atoms with Gasteiger partial charge in [-0.15, -0.1) is 10.2 Å². The molecule has 0 unspecified atom stereocenters. The predicted molar refractivity (Wildman–Crippen MR) is 83.1 cm³/mol. The van der Waals surface area contributed by atoms with Crippen molar-refractivity contribution in [1.29, 1.82) is 0 Å². The molecular formula is C15H15ClN4O3. The minimum atomic E-state index is -0.173. The van der Waals surface area contributed by atoms with E-state index < -0.39 is 0 Å². The smallest absolute Gasteiger partial charge is 0.231 e. The minimum absolute atomic E-state index is 0.173. The molecule has 1 fully saturated rings. The third-order valence-electron chi connectivity index (χ3n) is 3.79. The van der Waals surface area contributed by atoms with Gasteiger partial charge in [0, 0.05) is 6.04 Å². The summed E-state index contributed by atoms with van der Waals surface area (Å²) in [5.74, 6) is 1.43. The van der Waals surface area contributed by atoms with Gasteiger partial charge in [0.25, 0.3) is 0 Å². The fourth-order valence-electron chi connectivity index (χ4n) is 2.57. The van der Waals surface area contributed by atoms with E-state index in [0.717, 1.165) is 18.4 Å². The number of aromatic nitrogens is 3. The van der Waals surface area contributed by atoms with Crippen LogP contribution in [0.15, 0.2) is 18.5 Å². The molecular weight excluding hydrogens is 320 g/mol. The summed E-state index contributed by atoms with van der Waals surface area (Å²) in [6.07, 6.45) is 4.01. The second-order valence-electron chi connectivity index (χ2n) is 5.62. The van der Waals surface area contributed by atoms with Crippen molar-refractivity contribution in [3.8, 4) is 11.5 Å². The van der Waals surface area contributed by atoms with Gasteiger partial charge in [0.05, 0.1) is 11.4 Å². The maximum atomic E-state index is 12.2. The number of rotatable bonds is 4. The standard InChI is InChI=1S/C15H15ClN4O3/c16-11-5-9(6-12-14(11)23-4-3-22-12)7-13(21)18-15-19-17-8-20(15)10-1-2-10/h5-6,8,10H,1-4,7H2,(H,18,19,21). The topological polar surface area (TPSA) is 78.3 Å². The number of benzene rings is 1. The molecule has 1 N–H and O–H groups in total. The fraction of sp³-hybridized carbons (Fsp3) is 0.400. The Hall–Kier alpha value is -2.28. The summed E-state index contributed by atoms with van der Waals surface area (Å²) in [6.45, 7) is 0.951. The highest BCUT2D eigenvalue weighted by Gasteiger charge is 2.26. The molecule has 23 heavy (non-hydrogen) atoms. The normalized spacial score (nSPS) is 16.2. The van der Waals surface area contributed by atoms with Gasteiger partial charge in [0.1, 0.15) is 19.5 Å². The Morgan fingerprint density at radius 2 is 2.17 bits per heavy atom. The molecule has 1 saturated carbocycles. The van der Waals surface area contributed by atoms with E-state index in [1.165, 1.54) is 0 Å². The van der Waals surface area contributed by atoms with Crippen LogP contribution in [0.25, 0.3) is 0 Å². The lowest BCUT2D eigenvalue weighted by molar-refractivity contribution is -0.115. The Labute approximate surface area is 137 Å². The number of anilines is 1. The van der Waals surface area contributed by atoms with Crippen molar-refractivity contribution in [2.24, 2.45) is 0 Å². The Bertz CT molecular complexity index is 757. The number of amides is 1. The quantitative estimate of drug-likeness (QED) is 0.927. The van der Waals surface area contributed by atoms with Gasteiger partial charge in [0.2, 0.25) is 11.9 Å². The van der Waals surface area contributed by atoms with Gasteiger partial charge in [0.15, 0.2) is 11.5 Å². The molecule has 0 bridgehead atoms. The molecule has 7 nitrogen and oxygen atoms in total. The van der Waals surface area contributed by atoms with Crippen molar-refractivity contribution >= 4 is 23.5 Å². The molecule has 4 rings (SSSR count). The zero-order chi connectivity index (χ0) is 15.8. The van der Waals surface area contributed by atoms with Gasteiger partial charge in [-0.3, -0.25) is 14.7 Å². The molecule has 2 aromatic rings. The first-order valence-electron chi connectivity index (χ1n) is 7.48. The van der Waals surface area contributed by atoms with Gasteiger partial charge in [-0.05, 0) is 30.5 Å². The maximum Gasteiger partial charge on any atom is 0.231 e. The molecule has 0 saturated heterocycles. The lowest BCUT2D eigenvalue weighted by Gasteiger charge is -2.20. The largest absolute Gasteiger partial charge is 0.486 e. The number of halogens is 1. The van der Waals surface area contributed by atoms with Crippen LogP contribution in [0.2, 0.25) is 5.02 Å². The summed E-state index contributed by atoms with van der Waals surface area (Å²) in [7, 11) is 0. The van der Waals surface area contributed by atoms with Crippen LogP contribution >= 0.6 is 11.6 Å². The van der Waals surface area contributed by atoms with Crippen LogP contribution in [-0.4, -0.2) is 33.9 Å². The first-order valence-corrected chi connectivity index (χ1v) is 7.86. The van der Waals surface area contributed by atoms with E-state index >= 15 is 0 Å². The lowest BCUT2D eigenvalue weighted by atomic mass is 10.1.